The van der Waals surface area contributed by atoms with Crippen molar-refractivity contribution in [2.45, 2.75) is 43.9 Å². The van der Waals surface area contributed by atoms with E-state index in [2.05, 4.69) is 45.4 Å². The van der Waals surface area contributed by atoms with Crippen molar-refractivity contribution in [1.29, 1.82) is 0 Å². The predicted molar refractivity (Wildman–Crippen MR) is 191 cm³/mol. The van der Waals surface area contributed by atoms with Crippen LogP contribution in [0.25, 0.3) is 55.6 Å². The molecule has 3 aromatic heterocycles. The summed E-state index contributed by atoms with van der Waals surface area (Å²) in [5.41, 5.74) is 6.66. The van der Waals surface area contributed by atoms with Crippen LogP contribution in [0.5, 0.6) is 0 Å². The second kappa shape index (κ2) is 14.5. The molecular formula is C41H37FGeIrN2O-2. The van der Waals surface area contributed by atoms with E-state index < -0.39 is 26.0 Å². The van der Waals surface area contributed by atoms with Crippen LogP contribution < -0.4 is 4.40 Å². The van der Waals surface area contributed by atoms with Crippen molar-refractivity contribution in [3.8, 4) is 33.6 Å². The van der Waals surface area contributed by atoms with Gasteiger partial charge in [0.25, 0.3) is 0 Å². The third kappa shape index (κ3) is 7.49. The standard InChI is InChI=1S/C24H15FNO.C17H22GeN.Ir/c1-15-14-26-22(13-21(15)16-6-3-2-4-7-16)20-9-5-8-19-18-11-10-17(25)12-23(18)27-24(19)20;1-13(2)15-11-17(14-9-7-6-8-10-14)19-12-16(15)18(3,4)5;/h2-8,10-14H,1H3;6-9,11-13H,1-5H3;/q2*-1;/i1D3;13D;. The molecule has 0 unspecified atom stereocenters. The second-order valence-corrected chi connectivity index (χ2v) is 23.0. The van der Waals surface area contributed by atoms with Crippen molar-refractivity contribution in [1.82, 2.24) is 9.97 Å². The molecule has 0 aliphatic heterocycles. The Hall–Kier alpha value is -3.90. The number of hydrogen-bond donors (Lipinski definition) is 0. The molecule has 7 rings (SSSR count). The Kier molecular flexibility index (Phi) is 9.01. The molecule has 0 fully saturated rings. The van der Waals surface area contributed by atoms with E-state index in [0.29, 0.717) is 28.0 Å². The fourth-order valence-corrected chi connectivity index (χ4v) is 8.84. The van der Waals surface area contributed by atoms with Gasteiger partial charge in [0.15, 0.2) is 0 Å². The van der Waals surface area contributed by atoms with E-state index in [9.17, 15) is 4.39 Å². The van der Waals surface area contributed by atoms with Crippen LogP contribution in [-0.4, -0.2) is 23.2 Å². The maximum atomic E-state index is 13.7. The first kappa shape index (κ1) is 29.3. The first-order valence-electron chi connectivity index (χ1n) is 17.2. The zero-order valence-electron chi connectivity index (χ0n) is 30.9. The van der Waals surface area contributed by atoms with Gasteiger partial charge in [-0.3, -0.25) is 0 Å². The van der Waals surface area contributed by atoms with E-state index >= 15 is 0 Å². The van der Waals surface area contributed by atoms with Crippen LogP contribution in [-0.2, 0) is 20.1 Å². The molecule has 0 amide bonds. The summed E-state index contributed by atoms with van der Waals surface area (Å²) < 4.78 is 53.0. The number of halogens is 1. The minimum Gasteiger partial charge on any atom is -0.500 e. The van der Waals surface area contributed by atoms with E-state index in [4.69, 9.17) is 9.90 Å². The molecule has 7 aromatic rings. The smallest absolute Gasteiger partial charge is 0.126 e. The molecule has 0 spiro atoms. The average Bonchev–Trinajstić information content (AvgIpc) is 3.45. The van der Waals surface area contributed by atoms with Gasteiger partial charge < -0.3 is 9.40 Å². The molecule has 0 N–H and O–H groups in total. The molecule has 6 heteroatoms. The Morgan fingerprint density at radius 1 is 0.830 bits per heavy atom. The molecule has 239 valence electrons. The molecule has 4 aromatic carbocycles. The Labute approximate surface area is 298 Å². The van der Waals surface area contributed by atoms with Crippen LogP contribution in [0.3, 0.4) is 0 Å². The van der Waals surface area contributed by atoms with Crippen molar-refractivity contribution >= 4 is 39.6 Å². The van der Waals surface area contributed by atoms with Gasteiger partial charge in [0, 0.05) is 41.9 Å². The van der Waals surface area contributed by atoms with Crippen molar-refractivity contribution in [2.75, 3.05) is 0 Å². The molecule has 0 bridgehead atoms. The van der Waals surface area contributed by atoms with Gasteiger partial charge in [-0.1, -0.05) is 47.3 Å². The monoisotopic (exact) mass is 863 g/mol. The summed E-state index contributed by atoms with van der Waals surface area (Å²) in [7, 11) is 0. The number of rotatable bonds is 5. The minimum atomic E-state index is -2.30. The molecule has 1 radical (unpaired) electrons. The second-order valence-electron chi connectivity index (χ2n) is 12.5. The van der Waals surface area contributed by atoms with E-state index in [1.54, 1.807) is 18.2 Å². The number of aromatic nitrogens is 2. The summed E-state index contributed by atoms with van der Waals surface area (Å²) in [5.74, 6) is 6.07. The van der Waals surface area contributed by atoms with Crippen LogP contribution in [0.15, 0.2) is 114 Å². The number of aryl methyl sites for hydroxylation is 1. The fraction of sp³-hybridized carbons (Fsp3) is 0.171. The Morgan fingerprint density at radius 3 is 2.30 bits per heavy atom. The average molecular weight is 862 g/mol. The van der Waals surface area contributed by atoms with Crippen molar-refractivity contribution in [3.63, 3.8) is 0 Å². The molecule has 0 saturated carbocycles. The third-order valence-electron chi connectivity index (χ3n) is 7.88. The molecule has 3 nitrogen and oxygen atoms in total. The molecule has 0 saturated heterocycles. The van der Waals surface area contributed by atoms with E-state index in [1.807, 2.05) is 80.7 Å². The molecule has 0 aliphatic rings. The SMILES string of the molecule is [2H]C(C)(C)c1cc(-c2[c-]cccc2)nc[c]1[Ge]([CH3])([CH3])[CH3].[2H]C([2H])([2H])c1cnc(-c2[c-]ccc3c2oc2cc(F)ccc23)cc1-c1ccccc1.[Ir]. The summed E-state index contributed by atoms with van der Waals surface area (Å²) in [6.07, 6.45) is 3.39. The summed E-state index contributed by atoms with van der Waals surface area (Å²) in [6.45, 7) is 1.61. The number of hydrogen-bond acceptors (Lipinski definition) is 3. The van der Waals surface area contributed by atoms with E-state index in [0.717, 1.165) is 33.2 Å². The molecule has 0 aliphatic carbocycles. The van der Waals surface area contributed by atoms with Gasteiger partial charge in [-0.2, -0.15) is 0 Å². The van der Waals surface area contributed by atoms with Gasteiger partial charge in [0.1, 0.15) is 11.4 Å². The fourth-order valence-electron chi connectivity index (χ4n) is 5.52. The van der Waals surface area contributed by atoms with Gasteiger partial charge in [0.05, 0.1) is 5.58 Å². The molecule has 0 atom stereocenters. The van der Waals surface area contributed by atoms with E-state index in [1.165, 1.54) is 22.7 Å². The number of pyridine rings is 2. The van der Waals surface area contributed by atoms with Gasteiger partial charge in [-0.25, -0.2) is 4.39 Å². The minimum absolute atomic E-state index is 0. The van der Waals surface area contributed by atoms with E-state index in [-0.39, 0.29) is 31.5 Å². The van der Waals surface area contributed by atoms with Crippen LogP contribution >= 0.6 is 0 Å². The van der Waals surface area contributed by atoms with Gasteiger partial charge in [0.2, 0.25) is 0 Å². The van der Waals surface area contributed by atoms with Crippen LogP contribution in [0.1, 0.15) is 36.4 Å². The predicted octanol–water partition coefficient (Wildman–Crippen LogP) is 10.8. The van der Waals surface area contributed by atoms with Crippen molar-refractivity contribution < 1.29 is 34.4 Å². The summed E-state index contributed by atoms with van der Waals surface area (Å²) in [5, 5.41) is 1.62. The third-order valence-corrected chi connectivity index (χ3v) is 12.1. The summed E-state index contributed by atoms with van der Waals surface area (Å²) in [4.78, 5) is 9.04. The normalized spacial score (nSPS) is 13.1. The Bertz CT molecular complexity index is 2300. The largest absolute Gasteiger partial charge is 0.500 e. The Morgan fingerprint density at radius 2 is 1.60 bits per heavy atom. The molecule has 47 heavy (non-hydrogen) atoms. The first-order valence-corrected chi connectivity index (χ1v) is 22.5. The number of benzene rings is 4. The maximum absolute atomic E-state index is 13.7. The van der Waals surface area contributed by atoms with Gasteiger partial charge in [-0.15, -0.1) is 18.2 Å². The van der Waals surface area contributed by atoms with Gasteiger partial charge >= 0.3 is 120 Å². The molecular weight excluding hydrogens is 820 g/mol. The number of nitrogens with zero attached hydrogens (tertiary/aromatic N) is 2. The number of furan rings is 1. The maximum Gasteiger partial charge on any atom is 0.126 e. The molecule has 3 heterocycles. The van der Waals surface area contributed by atoms with Crippen molar-refractivity contribution in [3.05, 3.63) is 139 Å². The van der Waals surface area contributed by atoms with Gasteiger partial charge in [-0.05, 0) is 41.4 Å². The number of fused-ring (bicyclic) bond motifs is 3. The van der Waals surface area contributed by atoms with Crippen molar-refractivity contribution in [2.24, 2.45) is 0 Å². The first-order chi connectivity index (χ1) is 23.6. The zero-order valence-corrected chi connectivity index (χ0v) is 31.4. The van der Waals surface area contributed by atoms with Crippen LogP contribution in [0, 0.1) is 24.8 Å². The zero-order chi connectivity index (χ0) is 35.8. The quantitative estimate of drug-likeness (QED) is 0.128. The van der Waals surface area contributed by atoms with Crippen LogP contribution in [0.4, 0.5) is 4.39 Å². The topological polar surface area (TPSA) is 38.9 Å². The Balaban J connectivity index is 0.000000211. The van der Waals surface area contributed by atoms with Crippen LogP contribution in [0.2, 0.25) is 17.3 Å². The summed E-state index contributed by atoms with van der Waals surface area (Å²) in [6, 6.07) is 35.4. The summed E-state index contributed by atoms with van der Waals surface area (Å²) >= 11 is -2.03.